The molecule has 4 nitrogen and oxygen atoms in total. The number of fused-ring (bicyclic) bond motifs is 2. The van der Waals surface area contributed by atoms with E-state index in [2.05, 4.69) is 0 Å². The molecule has 2 aromatic carbocycles. The zero-order valence-electron chi connectivity index (χ0n) is 10.1. The molecule has 94 valence electrons. The molecule has 1 amide bonds. The smallest absolute Gasteiger partial charge is 0.236 e. The van der Waals surface area contributed by atoms with E-state index in [1.807, 2.05) is 42.5 Å². The van der Waals surface area contributed by atoms with Gasteiger partial charge in [-0.3, -0.25) is 9.69 Å². The van der Waals surface area contributed by atoms with E-state index in [1.165, 1.54) is 0 Å². The van der Waals surface area contributed by atoms with Gasteiger partial charge < -0.3 is 9.47 Å². The Labute approximate surface area is 110 Å². The first-order valence-electron chi connectivity index (χ1n) is 6.13. The predicted molar refractivity (Wildman–Crippen MR) is 69.9 cm³/mol. The van der Waals surface area contributed by atoms with Crippen molar-refractivity contribution in [2.24, 2.45) is 0 Å². The van der Waals surface area contributed by atoms with E-state index in [-0.39, 0.29) is 12.7 Å². The average molecular weight is 253 g/mol. The van der Waals surface area contributed by atoms with Crippen molar-refractivity contribution in [3.05, 3.63) is 48.0 Å². The number of hydrogen-bond donors (Lipinski definition) is 0. The number of hydrogen-bond acceptors (Lipinski definition) is 3. The Morgan fingerprint density at radius 3 is 2.79 bits per heavy atom. The van der Waals surface area contributed by atoms with Crippen molar-refractivity contribution in [2.75, 3.05) is 11.7 Å². The summed E-state index contributed by atoms with van der Waals surface area (Å²) in [5, 5.41) is 0. The van der Waals surface area contributed by atoms with Gasteiger partial charge in [0.25, 0.3) is 0 Å². The third kappa shape index (κ3) is 1.50. The Morgan fingerprint density at radius 1 is 1.00 bits per heavy atom. The number of nitrogens with zero attached hydrogens (tertiary/aromatic N) is 1. The summed E-state index contributed by atoms with van der Waals surface area (Å²) in [4.78, 5) is 13.9. The van der Waals surface area contributed by atoms with Crippen molar-refractivity contribution in [1.82, 2.24) is 0 Å². The highest BCUT2D eigenvalue weighted by Gasteiger charge is 2.29. The topological polar surface area (TPSA) is 38.8 Å². The van der Waals surface area contributed by atoms with Gasteiger partial charge in [-0.1, -0.05) is 18.2 Å². The molecule has 0 fully saturated rings. The SMILES string of the molecule is O=C1Cc2ccccc2N1c1ccc2c(c1)OCO2. The Hall–Kier alpha value is -2.49. The van der Waals surface area contributed by atoms with E-state index in [0.717, 1.165) is 22.7 Å². The molecular weight excluding hydrogens is 242 g/mol. The molecule has 0 N–H and O–H groups in total. The molecule has 0 aliphatic carbocycles. The van der Waals surface area contributed by atoms with E-state index in [0.29, 0.717) is 12.2 Å². The average Bonchev–Trinajstić information content (AvgIpc) is 3.00. The van der Waals surface area contributed by atoms with Gasteiger partial charge in [0.2, 0.25) is 12.7 Å². The van der Waals surface area contributed by atoms with Gasteiger partial charge >= 0.3 is 0 Å². The fourth-order valence-corrected chi connectivity index (χ4v) is 2.56. The second-order valence-electron chi connectivity index (χ2n) is 4.57. The number of carbonyl (C=O) groups is 1. The standard InChI is InChI=1S/C15H11NO3/c17-15-7-10-3-1-2-4-12(10)16(15)11-5-6-13-14(8-11)19-9-18-13/h1-6,8H,7,9H2. The summed E-state index contributed by atoms with van der Waals surface area (Å²) in [6, 6.07) is 13.4. The maximum absolute atomic E-state index is 12.2. The van der Waals surface area contributed by atoms with Gasteiger partial charge in [0, 0.05) is 6.07 Å². The second kappa shape index (κ2) is 3.75. The zero-order chi connectivity index (χ0) is 12.8. The Balaban J connectivity index is 1.82. The first-order valence-corrected chi connectivity index (χ1v) is 6.13. The second-order valence-corrected chi connectivity index (χ2v) is 4.57. The summed E-state index contributed by atoms with van der Waals surface area (Å²) in [6.07, 6.45) is 0.449. The third-order valence-electron chi connectivity index (χ3n) is 3.44. The first kappa shape index (κ1) is 10.4. The number of benzene rings is 2. The molecule has 0 saturated heterocycles. The van der Waals surface area contributed by atoms with Crippen LogP contribution in [0, 0.1) is 0 Å². The van der Waals surface area contributed by atoms with Gasteiger partial charge in [-0.2, -0.15) is 0 Å². The minimum absolute atomic E-state index is 0.0834. The summed E-state index contributed by atoms with van der Waals surface area (Å²) in [7, 11) is 0. The molecular formula is C15H11NO3. The highest BCUT2D eigenvalue weighted by Crippen LogP contribution is 2.40. The van der Waals surface area contributed by atoms with Crippen molar-refractivity contribution in [2.45, 2.75) is 6.42 Å². The fraction of sp³-hybridized carbons (Fsp3) is 0.133. The monoisotopic (exact) mass is 253 g/mol. The highest BCUT2D eigenvalue weighted by molar-refractivity contribution is 6.07. The molecule has 4 rings (SSSR count). The predicted octanol–water partition coefficient (Wildman–Crippen LogP) is 2.64. The van der Waals surface area contributed by atoms with E-state index < -0.39 is 0 Å². The molecule has 0 radical (unpaired) electrons. The quantitative estimate of drug-likeness (QED) is 0.784. The van der Waals surface area contributed by atoms with Gasteiger partial charge in [0.15, 0.2) is 11.5 Å². The number of anilines is 2. The Kier molecular flexibility index (Phi) is 2.06. The molecule has 2 aliphatic heterocycles. The summed E-state index contributed by atoms with van der Waals surface area (Å²) in [6.45, 7) is 0.239. The van der Waals surface area contributed by atoms with Crippen molar-refractivity contribution in [3.63, 3.8) is 0 Å². The van der Waals surface area contributed by atoms with Crippen LogP contribution in [0.15, 0.2) is 42.5 Å². The Morgan fingerprint density at radius 2 is 1.84 bits per heavy atom. The molecule has 2 heterocycles. The van der Waals surface area contributed by atoms with Crippen LogP contribution in [0.5, 0.6) is 11.5 Å². The molecule has 0 saturated carbocycles. The van der Waals surface area contributed by atoms with Gasteiger partial charge in [0.05, 0.1) is 17.8 Å². The van der Waals surface area contributed by atoms with Crippen LogP contribution in [0.3, 0.4) is 0 Å². The summed E-state index contributed by atoms with van der Waals surface area (Å²) < 4.78 is 10.6. The van der Waals surface area contributed by atoms with Crippen LogP contribution in [0.1, 0.15) is 5.56 Å². The maximum Gasteiger partial charge on any atom is 0.236 e. The summed E-state index contributed by atoms with van der Waals surface area (Å²) in [5.41, 5.74) is 2.83. The van der Waals surface area contributed by atoms with Gasteiger partial charge in [-0.25, -0.2) is 0 Å². The van der Waals surface area contributed by atoms with Gasteiger partial charge in [-0.15, -0.1) is 0 Å². The number of ether oxygens (including phenoxy) is 2. The normalized spacial score (nSPS) is 15.8. The molecule has 2 aromatic rings. The van der Waals surface area contributed by atoms with Crippen LogP contribution in [-0.4, -0.2) is 12.7 Å². The van der Waals surface area contributed by atoms with Crippen LogP contribution < -0.4 is 14.4 Å². The number of amides is 1. The largest absolute Gasteiger partial charge is 0.454 e. The number of rotatable bonds is 1. The first-order chi connectivity index (χ1) is 9.33. The van der Waals surface area contributed by atoms with Crippen LogP contribution in [0.4, 0.5) is 11.4 Å². The Bertz CT molecular complexity index is 681. The van der Waals surface area contributed by atoms with Crippen LogP contribution in [0.2, 0.25) is 0 Å². The third-order valence-corrected chi connectivity index (χ3v) is 3.44. The van der Waals surface area contributed by atoms with Gasteiger partial charge in [-0.05, 0) is 23.8 Å². The van der Waals surface area contributed by atoms with E-state index >= 15 is 0 Å². The lowest BCUT2D eigenvalue weighted by Gasteiger charge is -2.17. The fourth-order valence-electron chi connectivity index (χ4n) is 2.56. The van der Waals surface area contributed by atoms with E-state index in [9.17, 15) is 4.79 Å². The molecule has 0 atom stereocenters. The minimum atomic E-state index is 0.0834. The molecule has 19 heavy (non-hydrogen) atoms. The lowest BCUT2D eigenvalue weighted by atomic mass is 10.2. The van der Waals surface area contributed by atoms with E-state index in [1.54, 1.807) is 4.90 Å². The summed E-state index contributed by atoms with van der Waals surface area (Å²) in [5.74, 6) is 1.50. The van der Waals surface area contributed by atoms with Crippen LogP contribution >= 0.6 is 0 Å². The van der Waals surface area contributed by atoms with Crippen molar-refractivity contribution in [1.29, 1.82) is 0 Å². The molecule has 4 heteroatoms. The molecule has 0 unspecified atom stereocenters. The lowest BCUT2D eigenvalue weighted by Crippen LogP contribution is -2.20. The minimum Gasteiger partial charge on any atom is -0.454 e. The van der Waals surface area contributed by atoms with Crippen molar-refractivity contribution < 1.29 is 14.3 Å². The van der Waals surface area contributed by atoms with Crippen molar-refractivity contribution >= 4 is 17.3 Å². The molecule has 2 aliphatic rings. The number of carbonyl (C=O) groups excluding carboxylic acids is 1. The van der Waals surface area contributed by atoms with Crippen LogP contribution in [-0.2, 0) is 11.2 Å². The molecule has 0 spiro atoms. The lowest BCUT2D eigenvalue weighted by molar-refractivity contribution is -0.116. The van der Waals surface area contributed by atoms with E-state index in [4.69, 9.17) is 9.47 Å². The van der Waals surface area contributed by atoms with Gasteiger partial charge in [0.1, 0.15) is 0 Å². The molecule has 0 aromatic heterocycles. The highest BCUT2D eigenvalue weighted by atomic mass is 16.7. The van der Waals surface area contributed by atoms with Crippen LogP contribution in [0.25, 0.3) is 0 Å². The van der Waals surface area contributed by atoms with Crippen molar-refractivity contribution in [3.8, 4) is 11.5 Å². The summed E-state index contributed by atoms with van der Waals surface area (Å²) >= 11 is 0. The molecule has 0 bridgehead atoms. The maximum atomic E-state index is 12.2. The number of para-hydroxylation sites is 1. The zero-order valence-corrected chi connectivity index (χ0v) is 10.1.